The number of hydrogen-bond donors (Lipinski definition) is 2. The molecule has 92 valence electrons. The summed E-state index contributed by atoms with van der Waals surface area (Å²) in [6, 6.07) is 0. The third-order valence-corrected chi connectivity index (χ3v) is 4.45. The standard InChI is InChI=1S/C12H20ClNO2/c1-9(13)10(16)14-7-12(8-15)5-11(6-12)3-2-4-11/h9,15H,2-8H2,1H3,(H,14,16). The van der Waals surface area contributed by atoms with Crippen LogP contribution >= 0.6 is 11.6 Å². The Hall–Kier alpha value is -0.280. The molecular formula is C12H20ClNO2. The molecule has 2 saturated carbocycles. The molecule has 0 saturated heterocycles. The van der Waals surface area contributed by atoms with Crippen LogP contribution in [0.3, 0.4) is 0 Å². The Balaban J connectivity index is 1.81. The van der Waals surface area contributed by atoms with Crippen molar-refractivity contribution in [3.05, 3.63) is 0 Å². The van der Waals surface area contributed by atoms with Crippen LogP contribution < -0.4 is 5.32 Å². The Kier molecular flexibility index (Phi) is 3.19. The number of carbonyl (C=O) groups excluding carboxylic acids is 1. The summed E-state index contributed by atoms with van der Waals surface area (Å²) < 4.78 is 0. The largest absolute Gasteiger partial charge is 0.396 e. The van der Waals surface area contributed by atoms with Gasteiger partial charge in [0.1, 0.15) is 5.38 Å². The summed E-state index contributed by atoms with van der Waals surface area (Å²) >= 11 is 5.68. The zero-order chi connectivity index (χ0) is 11.8. The molecule has 3 nitrogen and oxygen atoms in total. The number of halogens is 1. The molecule has 1 unspecified atom stereocenters. The molecule has 0 aromatic carbocycles. The molecule has 0 heterocycles. The Morgan fingerprint density at radius 3 is 2.50 bits per heavy atom. The van der Waals surface area contributed by atoms with Crippen LogP contribution in [0.5, 0.6) is 0 Å². The third-order valence-electron chi connectivity index (χ3n) is 4.25. The summed E-state index contributed by atoms with van der Waals surface area (Å²) in [6.07, 6.45) is 6.05. The summed E-state index contributed by atoms with van der Waals surface area (Å²) in [5.41, 5.74) is 0.446. The van der Waals surface area contributed by atoms with Gasteiger partial charge in [0.15, 0.2) is 0 Å². The predicted octanol–water partition coefficient (Wildman–Crippen LogP) is 1.67. The van der Waals surface area contributed by atoms with Crippen molar-refractivity contribution in [1.82, 2.24) is 5.32 Å². The fourth-order valence-corrected chi connectivity index (χ4v) is 3.35. The molecule has 0 radical (unpaired) electrons. The van der Waals surface area contributed by atoms with E-state index in [1.165, 1.54) is 19.3 Å². The molecule has 1 spiro atoms. The lowest BCUT2D eigenvalue weighted by Gasteiger charge is -2.60. The molecule has 2 rings (SSSR count). The Morgan fingerprint density at radius 2 is 2.12 bits per heavy atom. The van der Waals surface area contributed by atoms with Gasteiger partial charge in [0.05, 0.1) is 6.61 Å². The van der Waals surface area contributed by atoms with E-state index in [2.05, 4.69) is 5.32 Å². The van der Waals surface area contributed by atoms with E-state index in [9.17, 15) is 9.90 Å². The highest BCUT2D eigenvalue weighted by atomic mass is 35.5. The molecule has 0 aromatic rings. The number of carbonyl (C=O) groups is 1. The lowest BCUT2D eigenvalue weighted by molar-refractivity contribution is -0.131. The van der Waals surface area contributed by atoms with Crippen LogP contribution in [0.25, 0.3) is 0 Å². The smallest absolute Gasteiger partial charge is 0.237 e. The van der Waals surface area contributed by atoms with Gasteiger partial charge in [-0.15, -0.1) is 11.6 Å². The minimum absolute atomic E-state index is 0.0676. The maximum atomic E-state index is 11.4. The van der Waals surface area contributed by atoms with Crippen LogP contribution in [0, 0.1) is 10.8 Å². The molecule has 0 bridgehead atoms. The topological polar surface area (TPSA) is 49.3 Å². The van der Waals surface area contributed by atoms with Crippen molar-refractivity contribution in [2.45, 2.75) is 44.4 Å². The molecule has 16 heavy (non-hydrogen) atoms. The molecule has 0 aromatic heterocycles. The zero-order valence-electron chi connectivity index (χ0n) is 9.76. The summed E-state index contributed by atoms with van der Waals surface area (Å²) in [7, 11) is 0. The van der Waals surface area contributed by atoms with E-state index in [1.54, 1.807) is 6.92 Å². The fourth-order valence-electron chi connectivity index (χ4n) is 3.28. The number of aliphatic hydroxyl groups excluding tert-OH is 1. The maximum absolute atomic E-state index is 11.4. The van der Waals surface area contributed by atoms with Crippen molar-refractivity contribution in [3.8, 4) is 0 Å². The number of aliphatic hydroxyl groups is 1. The molecule has 2 fully saturated rings. The van der Waals surface area contributed by atoms with Crippen LogP contribution in [-0.4, -0.2) is 29.5 Å². The SMILES string of the molecule is CC(Cl)C(=O)NCC1(CO)CC2(CCC2)C1. The summed E-state index contributed by atoms with van der Waals surface area (Å²) in [6.45, 7) is 2.41. The van der Waals surface area contributed by atoms with Crippen molar-refractivity contribution in [3.63, 3.8) is 0 Å². The summed E-state index contributed by atoms with van der Waals surface area (Å²) in [5, 5.41) is 11.8. The molecule has 1 amide bonds. The Bertz CT molecular complexity index is 279. The van der Waals surface area contributed by atoms with E-state index in [0.717, 1.165) is 12.8 Å². The second kappa shape index (κ2) is 4.19. The van der Waals surface area contributed by atoms with Crippen LogP contribution in [0.15, 0.2) is 0 Å². The van der Waals surface area contributed by atoms with Crippen molar-refractivity contribution in [1.29, 1.82) is 0 Å². The highest BCUT2D eigenvalue weighted by Crippen LogP contribution is 2.63. The lowest BCUT2D eigenvalue weighted by Crippen LogP contribution is -2.57. The van der Waals surface area contributed by atoms with Crippen molar-refractivity contribution >= 4 is 17.5 Å². The number of nitrogens with one attached hydrogen (secondary N) is 1. The second-order valence-electron chi connectivity index (χ2n) is 5.70. The predicted molar refractivity (Wildman–Crippen MR) is 63.4 cm³/mol. The van der Waals surface area contributed by atoms with Gasteiger partial charge in [0, 0.05) is 12.0 Å². The molecular weight excluding hydrogens is 226 g/mol. The second-order valence-corrected chi connectivity index (χ2v) is 6.35. The van der Waals surface area contributed by atoms with E-state index in [1.807, 2.05) is 0 Å². The van der Waals surface area contributed by atoms with Crippen LogP contribution in [0.1, 0.15) is 39.0 Å². The number of alkyl halides is 1. The van der Waals surface area contributed by atoms with Crippen molar-refractivity contribution in [2.24, 2.45) is 10.8 Å². The molecule has 2 aliphatic carbocycles. The van der Waals surface area contributed by atoms with Gasteiger partial charge < -0.3 is 10.4 Å². The molecule has 2 aliphatic rings. The van der Waals surface area contributed by atoms with Gasteiger partial charge in [0.25, 0.3) is 0 Å². The van der Waals surface area contributed by atoms with Gasteiger partial charge in [-0.25, -0.2) is 0 Å². The van der Waals surface area contributed by atoms with Gasteiger partial charge >= 0.3 is 0 Å². The number of amides is 1. The van der Waals surface area contributed by atoms with E-state index in [4.69, 9.17) is 11.6 Å². The minimum Gasteiger partial charge on any atom is -0.396 e. The van der Waals surface area contributed by atoms with Crippen molar-refractivity contribution < 1.29 is 9.90 Å². The zero-order valence-corrected chi connectivity index (χ0v) is 10.5. The Morgan fingerprint density at radius 1 is 1.50 bits per heavy atom. The fraction of sp³-hybridized carbons (Fsp3) is 0.917. The minimum atomic E-state index is -0.492. The first-order valence-corrected chi connectivity index (χ1v) is 6.47. The van der Waals surface area contributed by atoms with E-state index in [0.29, 0.717) is 12.0 Å². The van der Waals surface area contributed by atoms with E-state index >= 15 is 0 Å². The first-order valence-electron chi connectivity index (χ1n) is 6.04. The van der Waals surface area contributed by atoms with E-state index < -0.39 is 5.38 Å². The maximum Gasteiger partial charge on any atom is 0.237 e. The quantitative estimate of drug-likeness (QED) is 0.741. The first-order chi connectivity index (χ1) is 7.51. The average Bonchev–Trinajstić information content (AvgIpc) is 2.13. The Labute approximate surface area is 102 Å². The normalized spacial score (nSPS) is 26.7. The van der Waals surface area contributed by atoms with Gasteiger partial charge in [0.2, 0.25) is 5.91 Å². The van der Waals surface area contributed by atoms with Gasteiger partial charge in [-0.3, -0.25) is 4.79 Å². The summed E-state index contributed by atoms with van der Waals surface area (Å²) in [5.74, 6) is -0.135. The highest BCUT2D eigenvalue weighted by Gasteiger charge is 2.56. The molecule has 0 aliphatic heterocycles. The van der Waals surface area contributed by atoms with Gasteiger partial charge in [-0.2, -0.15) is 0 Å². The van der Waals surface area contributed by atoms with Gasteiger partial charge in [-0.1, -0.05) is 6.42 Å². The molecule has 4 heteroatoms. The average molecular weight is 246 g/mol. The number of rotatable bonds is 4. The molecule has 1 atom stereocenters. The first kappa shape index (κ1) is 12.2. The van der Waals surface area contributed by atoms with E-state index in [-0.39, 0.29) is 17.9 Å². The van der Waals surface area contributed by atoms with Crippen molar-refractivity contribution in [2.75, 3.05) is 13.2 Å². The monoisotopic (exact) mass is 245 g/mol. The van der Waals surface area contributed by atoms with Crippen LogP contribution in [-0.2, 0) is 4.79 Å². The highest BCUT2D eigenvalue weighted by molar-refractivity contribution is 6.30. The molecule has 2 N–H and O–H groups in total. The van der Waals surface area contributed by atoms with Gasteiger partial charge in [-0.05, 0) is 38.0 Å². The third kappa shape index (κ3) is 2.07. The van der Waals surface area contributed by atoms with Crippen LogP contribution in [0.2, 0.25) is 0 Å². The lowest BCUT2D eigenvalue weighted by atomic mass is 9.45. The van der Waals surface area contributed by atoms with Crippen LogP contribution in [0.4, 0.5) is 0 Å². The number of hydrogen-bond acceptors (Lipinski definition) is 2. The summed E-state index contributed by atoms with van der Waals surface area (Å²) in [4.78, 5) is 11.4.